The molecule has 5 nitrogen and oxygen atoms in total. The summed E-state index contributed by atoms with van der Waals surface area (Å²) in [5.41, 5.74) is 4.17. The Bertz CT molecular complexity index is 927. The van der Waals surface area contributed by atoms with E-state index in [-0.39, 0.29) is 6.10 Å². The molecule has 1 aliphatic heterocycles. The third-order valence-corrected chi connectivity index (χ3v) is 7.22. The van der Waals surface area contributed by atoms with Crippen LogP contribution >= 0.6 is 11.6 Å². The minimum atomic E-state index is -0.833. The fourth-order valence-electron chi connectivity index (χ4n) is 5.22. The maximum absolute atomic E-state index is 11.2. The normalized spacial score (nSPS) is 25.6. The molecule has 0 bridgehead atoms. The molecule has 2 atom stereocenters. The van der Waals surface area contributed by atoms with Crippen LogP contribution in [0.4, 0.5) is 0 Å². The smallest absolute Gasteiger partial charge is 0.320 e. The van der Waals surface area contributed by atoms with E-state index >= 15 is 0 Å². The molecule has 0 aromatic heterocycles. The summed E-state index contributed by atoms with van der Waals surface area (Å²) in [6.07, 6.45) is 6.22. The van der Waals surface area contributed by atoms with Crippen LogP contribution in [-0.2, 0) is 17.8 Å². The second-order valence-electron chi connectivity index (χ2n) is 9.19. The summed E-state index contributed by atoms with van der Waals surface area (Å²) in [4.78, 5) is 11.2. The Hall–Kier alpha value is -2.08. The van der Waals surface area contributed by atoms with Crippen molar-refractivity contribution in [1.82, 2.24) is 10.6 Å². The van der Waals surface area contributed by atoms with Gasteiger partial charge in [0.1, 0.15) is 17.9 Å². The van der Waals surface area contributed by atoms with Gasteiger partial charge in [0.15, 0.2) is 0 Å². The number of carbonyl (C=O) groups is 1. The van der Waals surface area contributed by atoms with Gasteiger partial charge in [-0.05, 0) is 79.8 Å². The van der Waals surface area contributed by atoms with E-state index in [1.54, 1.807) is 0 Å². The van der Waals surface area contributed by atoms with Crippen LogP contribution < -0.4 is 15.4 Å². The number of carboxylic acids is 1. The Kier molecular flexibility index (Phi) is 7.71. The molecule has 2 fully saturated rings. The van der Waals surface area contributed by atoms with Gasteiger partial charge < -0.3 is 20.5 Å². The fraction of sp³-hybridized carbons (Fsp3) is 0.500. The fourth-order valence-corrected chi connectivity index (χ4v) is 5.38. The number of aliphatic carboxylic acids is 1. The van der Waals surface area contributed by atoms with Gasteiger partial charge >= 0.3 is 5.97 Å². The van der Waals surface area contributed by atoms with Gasteiger partial charge in [0, 0.05) is 19.5 Å². The lowest BCUT2D eigenvalue weighted by molar-refractivity contribution is -0.139. The number of carboxylic acid groups (broad SMARTS) is 1. The third-order valence-electron chi connectivity index (χ3n) is 6.91. The van der Waals surface area contributed by atoms with Gasteiger partial charge in [0.2, 0.25) is 0 Å². The van der Waals surface area contributed by atoms with Crippen molar-refractivity contribution in [3.8, 4) is 5.75 Å². The summed E-state index contributed by atoms with van der Waals surface area (Å²) >= 11 is 6.38. The molecular weight excluding hydrogens is 424 g/mol. The van der Waals surface area contributed by atoms with Gasteiger partial charge in [0.25, 0.3) is 0 Å². The molecule has 2 aromatic rings. The molecule has 1 saturated carbocycles. The molecular formula is C26H33ClN2O3. The molecule has 2 aliphatic rings. The van der Waals surface area contributed by atoms with Crippen LogP contribution in [0.2, 0.25) is 5.02 Å². The average molecular weight is 457 g/mol. The van der Waals surface area contributed by atoms with Crippen molar-refractivity contribution in [2.75, 3.05) is 13.6 Å². The van der Waals surface area contributed by atoms with E-state index in [1.807, 2.05) is 19.2 Å². The zero-order valence-electron chi connectivity index (χ0n) is 18.6. The third kappa shape index (κ3) is 5.64. The predicted octanol–water partition coefficient (Wildman–Crippen LogP) is 4.77. The van der Waals surface area contributed by atoms with Gasteiger partial charge in [-0.3, -0.25) is 4.79 Å². The lowest BCUT2D eigenvalue weighted by Crippen LogP contribution is -2.30. The zero-order chi connectivity index (χ0) is 22.5. The largest absolute Gasteiger partial charge is 0.487 e. The predicted molar refractivity (Wildman–Crippen MR) is 128 cm³/mol. The maximum Gasteiger partial charge on any atom is 0.320 e. The Morgan fingerprint density at radius 3 is 2.69 bits per heavy atom. The van der Waals surface area contributed by atoms with Crippen LogP contribution in [0.5, 0.6) is 5.75 Å². The highest BCUT2D eigenvalue weighted by Gasteiger charge is 2.31. The van der Waals surface area contributed by atoms with Crippen LogP contribution in [0.1, 0.15) is 54.7 Å². The Labute approximate surface area is 195 Å². The van der Waals surface area contributed by atoms with E-state index in [0.29, 0.717) is 35.6 Å². The highest BCUT2D eigenvalue weighted by atomic mass is 35.5. The van der Waals surface area contributed by atoms with Gasteiger partial charge in [-0.15, -0.1) is 0 Å². The minimum Gasteiger partial charge on any atom is -0.487 e. The number of hydrogen-bond acceptors (Lipinski definition) is 4. The Morgan fingerprint density at radius 2 is 1.97 bits per heavy atom. The van der Waals surface area contributed by atoms with Crippen LogP contribution in [0, 0.1) is 5.92 Å². The van der Waals surface area contributed by atoms with Crippen LogP contribution in [0.25, 0.3) is 0 Å². The number of nitrogens with one attached hydrogen (secondary N) is 2. The van der Waals surface area contributed by atoms with Crippen LogP contribution in [0.15, 0.2) is 42.5 Å². The van der Waals surface area contributed by atoms with Gasteiger partial charge in [-0.2, -0.15) is 0 Å². The number of hydrogen-bond donors (Lipinski definition) is 3. The molecule has 32 heavy (non-hydrogen) atoms. The highest BCUT2D eigenvalue weighted by molar-refractivity contribution is 6.32. The second kappa shape index (κ2) is 10.7. The van der Waals surface area contributed by atoms with Crippen molar-refractivity contribution in [3.05, 3.63) is 64.2 Å². The van der Waals surface area contributed by atoms with Gasteiger partial charge in [-0.1, -0.05) is 41.9 Å². The molecule has 1 saturated heterocycles. The lowest BCUT2D eigenvalue weighted by atomic mass is 9.75. The maximum atomic E-state index is 11.2. The highest BCUT2D eigenvalue weighted by Crippen LogP contribution is 2.39. The Balaban J connectivity index is 1.34. The van der Waals surface area contributed by atoms with Crippen molar-refractivity contribution >= 4 is 17.6 Å². The first-order valence-electron chi connectivity index (χ1n) is 11.7. The molecule has 0 amide bonds. The number of benzene rings is 2. The second-order valence-corrected chi connectivity index (χ2v) is 9.60. The molecule has 1 heterocycles. The molecule has 0 unspecified atom stereocenters. The van der Waals surface area contributed by atoms with E-state index in [9.17, 15) is 4.79 Å². The number of ether oxygens (including phenoxy) is 1. The topological polar surface area (TPSA) is 70.6 Å². The van der Waals surface area contributed by atoms with Gasteiger partial charge in [-0.25, -0.2) is 0 Å². The van der Waals surface area contributed by atoms with Crippen molar-refractivity contribution in [2.24, 2.45) is 5.92 Å². The molecule has 2 aromatic carbocycles. The summed E-state index contributed by atoms with van der Waals surface area (Å²) in [6, 6.07) is 14.3. The van der Waals surface area contributed by atoms with Crippen LogP contribution in [-0.4, -0.2) is 36.8 Å². The summed E-state index contributed by atoms with van der Waals surface area (Å²) in [5.74, 6) is 1.15. The number of halogens is 1. The Morgan fingerprint density at radius 1 is 1.19 bits per heavy atom. The van der Waals surface area contributed by atoms with E-state index in [1.165, 1.54) is 42.4 Å². The average Bonchev–Trinajstić information content (AvgIpc) is 3.26. The minimum absolute atomic E-state index is 0.169. The van der Waals surface area contributed by atoms with E-state index in [4.69, 9.17) is 21.4 Å². The van der Waals surface area contributed by atoms with Crippen molar-refractivity contribution in [3.63, 3.8) is 0 Å². The van der Waals surface area contributed by atoms with Crippen LogP contribution in [0.3, 0.4) is 0 Å². The summed E-state index contributed by atoms with van der Waals surface area (Å²) in [7, 11) is 2.01. The van der Waals surface area contributed by atoms with Gasteiger partial charge in [0.05, 0.1) is 5.02 Å². The first-order chi connectivity index (χ1) is 15.5. The SMILES string of the molecule is CNCc1ccccc1C1CCC(Cc2ccc(Cl)c(O[C@@H]3CN[C@H](C(=O)O)C3)c2)CC1. The molecule has 0 radical (unpaired) electrons. The first-order valence-corrected chi connectivity index (χ1v) is 12.0. The molecule has 4 rings (SSSR count). The molecule has 1 aliphatic carbocycles. The summed E-state index contributed by atoms with van der Waals surface area (Å²) in [6.45, 7) is 1.45. The van der Waals surface area contributed by atoms with E-state index in [2.05, 4.69) is 41.0 Å². The standard InChI is InChI=1S/C26H33ClN2O3/c1-28-15-20-4-2-3-5-22(20)19-9-6-17(7-10-19)12-18-8-11-23(27)25(13-18)32-21-14-24(26(30)31)29-16-21/h2-5,8,11,13,17,19,21,24,28-29H,6-7,9-10,12,14-16H2,1H3,(H,30,31)/t17?,19?,21-,24-/m0/s1. The van der Waals surface area contributed by atoms with Crippen molar-refractivity contribution in [1.29, 1.82) is 0 Å². The lowest BCUT2D eigenvalue weighted by Gasteiger charge is -2.30. The zero-order valence-corrected chi connectivity index (χ0v) is 19.4. The number of rotatable bonds is 8. The molecule has 0 spiro atoms. The van der Waals surface area contributed by atoms with Crippen molar-refractivity contribution in [2.45, 2.75) is 63.1 Å². The van der Waals surface area contributed by atoms with Crippen molar-refractivity contribution < 1.29 is 14.6 Å². The van der Waals surface area contributed by atoms with E-state index < -0.39 is 12.0 Å². The first kappa shape index (κ1) is 23.1. The molecule has 172 valence electrons. The quantitative estimate of drug-likeness (QED) is 0.533. The van der Waals surface area contributed by atoms with E-state index in [0.717, 1.165) is 13.0 Å². The monoisotopic (exact) mass is 456 g/mol. The molecule has 6 heteroatoms. The molecule has 3 N–H and O–H groups in total. The summed E-state index contributed by atoms with van der Waals surface area (Å²) < 4.78 is 6.06. The summed E-state index contributed by atoms with van der Waals surface area (Å²) in [5, 5.41) is 16.0.